The van der Waals surface area contributed by atoms with E-state index >= 15 is 0 Å². The number of hydrogen-bond acceptors (Lipinski definition) is 4. The predicted octanol–water partition coefficient (Wildman–Crippen LogP) is 1.93. The van der Waals surface area contributed by atoms with E-state index in [2.05, 4.69) is 15.2 Å². The Hall–Kier alpha value is -2.21. The van der Waals surface area contributed by atoms with Crippen molar-refractivity contribution in [3.8, 4) is 0 Å². The molecule has 0 spiro atoms. The van der Waals surface area contributed by atoms with E-state index in [9.17, 15) is 8.42 Å². The Labute approximate surface area is 110 Å². The van der Waals surface area contributed by atoms with E-state index in [1.807, 2.05) is 42.5 Å². The summed E-state index contributed by atoms with van der Waals surface area (Å²) in [7, 11) is -3.47. The number of rotatable bonds is 3. The van der Waals surface area contributed by atoms with Crippen molar-refractivity contribution in [2.45, 2.75) is 10.9 Å². The molecule has 5 nitrogen and oxygen atoms in total. The molecule has 0 saturated carbocycles. The highest BCUT2D eigenvalue weighted by molar-refractivity contribution is 7.90. The summed E-state index contributed by atoms with van der Waals surface area (Å²) >= 11 is 0. The lowest BCUT2D eigenvalue weighted by Gasteiger charge is -2.03. The van der Waals surface area contributed by atoms with Gasteiger partial charge in [-0.2, -0.15) is 5.10 Å². The number of aromatic nitrogens is 3. The van der Waals surface area contributed by atoms with Gasteiger partial charge < -0.3 is 0 Å². The van der Waals surface area contributed by atoms with Gasteiger partial charge in [0.15, 0.2) is 0 Å². The molecule has 0 unspecified atom stereocenters. The third kappa shape index (κ3) is 2.34. The molecule has 6 heteroatoms. The predicted molar refractivity (Wildman–Crippen MR) is 71.2 cm³/mol. The maximum Gasteiger partial charge on any atom is 0.243 e. The zero-order valence-electron chi connectivity index (χ0n) is 9.95. The molecule has 0 bridgehead atoms. The quantitative estimate of drug-likeness (QED) is 0.791. The molecule has 0 amide bonds. The van der Waals surface area contributed by atoms with E-state index in [1.165, 1.54) is 6.33 Å². The number of benzene rings is 2. The average Bonchev–Trinajstić information content (AvgIpc) is 2.93. The summed E-state index contributed by atoms with van der Waals surface area (Å²) in [6.45, 7) is 0. The van der Waals surface area contributed by atoms with Crippen LogP contribution in [-0.2, 0) is 15.6 Å². The third-order valence-corrected chi connectivity index (χ3v) is 4.36. The minimum Gasteiger partial charge on any atom is -0.250 e. The fourth-order valence-electron chi connectivity index (χ4n) is 1.96. The van der Waals surface area contributed by atoms with E-state index in [1.54, 1.807) is 0 Å². The summed E-state index contributed by atoms with van der Waals surface area (Å²) < 4.78 is 24.1. The first kappa shape index (κ1) is 11.9. The highest BCUT2D eigenvalue weighted by atomic mass is 32.2. The van der Waals surface area contributed by atoms with Gasteiger partial charge in [0.05, 0.1) is 5.75 Å². The van der Waals surface area contributed by atoms with Crippen molar-refractivity contribution >= 4 is 20.6 Å². The molecule has 0 radical (unpaired) electrons. The van der Waals surface area contributed by atoms with Crippen LogP contribution in [0.3, 0.4) is 0 Å². The maximum absolute atomic E-state index is 12.1. The van der Waals surface area contributed by atoms with Crippen molar-refractivity contribution in [1.29, 1.82) is 0 Å². The number of sulfone groups is 1. The molecule has 96 valence electrons. The van der Waals surface area contributed by atoms with Gasteiger partial charge in [0.2, 0.25) is 15.0 Å². The second kappa shape index (κ2) is 4.47. The SMILES string of the molecule is O=S(=O)(Cc1ccc2ccccc2c1)c1ncn[nH]1. The second-order valence-electron chi connectivity index (χ2n) is 4.23. The molecule has 0 atom stereocenters. The zero-order chi connectivity index (χ0) is 13.3. The first-order valence-corrected chi connectivity index (χ1v) is 7.36. The van der Waals surface area contributed by atoms with E-state index in [4.69, 9.17) is 0 Å². The van der Waals surface area contributed by atoms with Crippen LogP contribution >= 0.6 is 0 Å². The molecule has 0 fully saturated rings. The Morgan fingerprint density at radius 2 is 1.84 bits per heavy atom. The fourth-order valence-corrected chi connectivity index (χ4v) is 3.12. The fraction of sp³-hybridized carbons (Fsp3) is 0.0769. The van der Waals surface area contributed by atoms with Gasteiger partial charge in [0, 0.05) is 0 Å². The third-order valence-electron chi connectivity index (χ3n) is 2.86. The number of nitrogens with one attached hydrogen (secondary N) is 1. The van der Waals surface area contributed by atoms with E-state index in [-0.39, 0.29) is 10.9 Å². The Balaban J connectivity index is 1.98. The van der Waals surface area contributed by atoms with Crippen molar-refractivity contribution < 1.29 is 8.42 Å². The van der Waals surface area contributed by atoms with Crippen LogP contribution in [0.2, 0.25) is 0 Å². The van der Waals surface area contributed by atoms with Crippen LogP contribution in [0, 0.1) is 0 Å². The number of fused-ring (bicyclic) bond motifs is 1. The lowest BCUT2D eigenvalue weighted by atomic mass is 10.1. The minimum atomic E-state index is -3.47. The Kier molecular flexibility index (Phi) is 2.79. The molecule has 0 saturated heterocycles. The topological polar surface area (TPSA) is 75.7 Å². The summed E-state index contributed by atoms with van der Waals surface area (Å²) in [4.78, 5) is 3.69. The van der Waals surface area contributed by atoms with Crippen molar-refractivity contribution in [3.05, 3.63) is 54.4 Å². The number of hydrogen-bond donors (Lipinski definition) is 1. The summed E-state index contributed by atoms with van der Waals surface area (Å²) in [5, 5.41) is 7.96. The Morgan fingerprint density at radius 3 is 2.58 bits per heavy atom. The van der Waals surface area contributed by atoms with Crippen LogP contribution in [-0.4, -0.2) is 23.6 Å². The summed E-state index contributed by atoms with van der Waals surface area (Å²) in [6.07, 6.45) is 1.19. The molecular formula is C13H11N3O2S. The van der Waals surface area contributed by atoms with Gasteiger partial charge in [0.1, 0.15) is 6.33 Å². The van der Waals surface area contributed by atoms with Crippen molar-refractivity contribution in [1.82, 2.24) is 15.2 Å². The molecule has 0 aliphatic rings. The number of H-pyrrole nitrogens is 1. The van der Waals surface area contributed by atoms with Crippen LogP contribution in [0.1, 0.15) is 5.56 Å². The molecular weight excluding hydrogens is 262 g/mol. The second-order valence-corrected chi connectivity index (χ2v) is 6.14. The Morgan fingerprint density at radius 1 is 1.05 bits per heavy atom. The zero-order valence-corrected chi connectivity index (χ0v) is 10.8. The van der Waals surface area contributed by atoms with Gasteiger partial charge >= 0.3 is 0 Å². The average molecular weight is 273 g/mol. The van der Waals surface area contributed by atoms with Gasteiger partial charge in [-0.3, -0.25) is 5.10 Å². The maximum atomic E-state index is 12.1. The van der Waals surface area contributed by atoms with Crippen molar-refractivity contribution in [3.63, 3.8) is 0 Å². The van der Waals surface area contributed by atoms with Gasteiger partial charge in [-0.1, -0.05) is 42.5 Å². The molecule has 0 aliphatic carbocycles. The normalized spacial score (nSPS) is 11.8. The lowest BCUT2D eigenvalue weighted by Crippen LogP contribution is -2.07. The standard InChI is InChI=1S/C13H11N3O2S/c17-19(18,13-14-9-15-16-13)8-10-5-6-11-3-1-2-4-12(11)7-10/h1-7,9H,8H2,(H,14,15,16). The number of nitrogens with zero attached hydrogens (tertiary/aromatic N) is 2. The van der Waals surface area contributed by atoms with Gasteiger partial charge in [0.25, 0.3) is 0 Å². The molecule has 2 aromatic carbocycles. The lowest BCUT2D eigenvalue weighted by molar-refractivity contribution is 0.587. The molecule has 3 aromatic rings. The van der Waals surface area contributed by atoms with Crippen LogP contribution in [0.25, 0.3) is 10.8 Å². The first-order chi connectivity index (χ1) is 9.15. The molecule has 1 heterocycles. The molecule has 1 N–H and O–H groups in total. The molecule has 0 aliphatic heterocycles. The summed E-state index contributed by atoms with van der Waals surface area (Å²) in [6, 6.07) is 13.4. The van der Waals surface area contributed by atoms with Gasteiger partial charge in [-0.05, 0) is 16.3 Å². The van der Waals surface area contributed by atoms with E-state index < -0.39 is 9.84 Å². The van der Waals surface area contributed by atoms with Gasteiger partial charge in [-0.15, -0.1) is 0 Å². The molecule has 1 aromatic heterocycles. The smallest absolute Gasteiger partial charge is 0.243 e. The minimum absolute atomic E-state index is 0.0903. The van der Waals surface area contributed by atoms with E-state index in [0.29, 0.717) is 0 Å². The van der Waals surface area contributed by atoms with Crippen molar-refractivity contribution in [2.75, 3.05) is 0 Å². The Bertz CT molecular complexity index is 811. The van der Waals surface area contributed by atoms with E-state index in [0.717, 1.165) is 16.3 Å². The summed E-state index contributed by atoms with van der Waals surface area (Å²) in [5.41, 5.74) is 0.732. The molecule has 3 rings (SSSR count). The van der Waals surface area contributed by atoms with Crippen LogP contribution in [0.5, 0.6) is 0 Å². The summed E-state index contributed by atoms with van der Waals surface area (Å²) in [5.74, 6) is -0.0903. The number of aromatic amines is 1. The van der Waals surface area contributed by atoms with Crippen LogP contribution in [0.15, 0.2) is 53.9 Å². The van der Waals surface area contributed by atoms with Crippen LogP contribution in [0.4, 0.5) is 0 Å². The highest BCUT2D eigenvalue weighted by Crippen LogP contribution is 2.18. The molecule has 19 heavy (non-hydrogen) atoms. The van der Waals surface area contributed by atoms with Gasteiger partial charge in [-0.25, -0.2) is 13.4 Å². The van der Waals surface area contributed by atoms with Crippen LogP contribution < -0.4 is 0 Å². The largest absolute Gasteiger partial charge is 0.250 e. The highest BCUT2D eigenvalue weighted by Gasteiger charge is 2.18. The monoisotopic (exact) mass is 273 g/mol. The first-order valence-electron chi connectivity index (χ1n) is 5.71. The van der Waals surface area contributed by atoms with Crippen molar-refractivity contribution in [2.24, 2.45) is 0 Å².